The average molecular weight is 350 g/mol. The number of rotatable bonds is 3. The zero-order valence-electron chi connectivity index (χ0n) is 16.3. The Morgan fingerprint density at radius 1 is 0.731 bits per heavy atom. The lowest BCUT2D eigenvalue weighted by Crippen LogP contribution is -2.46. The van der Waals surface area contributed by atoms with Gasteiger partial charge in [-0.1, -0.05) is 35.4 Å². The minimum atomic E-state index is -0.867. The van der Waals surface area contributed by atoms with Gasteiger partial charge in [-0.3, -0.25) is 0 Å². The lowest BCUT2D eigenvalue weighted by atomic mass is 10.0. The zero-order valence-corrected chi connectivity index (χ0v) is 16.3. The summed E-state index contributed by atoms with van der Waals surface area (Å²) in [6.45, 7) is 12.3. The second-order valence-electron chi connectivity index (χ2n) is 7.32. The summed E-state index contributed by atoms with van der Waals surface area (Å²) in [5, 5.41) is 10.0. The summed E-state index contributed by atoms with van der Waals surface area (Å²) in [7, 11) is 0. The maximum atomic E-state index is 12.2. The number of hydrogen-bond acceptors (Lipinski definition) is 3. The molecule has 0 saturated carbocycles. The predicted octanol–water partition coefficient (Wildman–Crippen LogP) is 4.75. The summed E-state index contributed by atoms with van der Waals surface area (Å²) < 4.78 is 0. The third-order valence-electron chi connectivity index (χ3n) is 4.92. The van der Waals surface area contributed by atoms with Crippen LogP contribution in [0.2, 0.25) is 0 Å². The number of aryl methyl sites for hydroxylation is 6. The number of carboxylic acid groups (broad SMARTS) is 1. The fraction of sp³-hybridized carbons (Fsp3) is 0.318. The van der Waals surface area contributed by atoms with Crippen LogP contribution in [0, 0.1) is 41.5 Å². The molecule has 3 rings (SSSR count). The standard InChI is InChI=1S/C22H26N2O2/c1-13-9-15(3)19(16(4)10-13)23-7-8-24(21(23)22(25)26)20-17(5)11-14(2)12-18(20)6/h7-12,21H,1-6H3,(H,25,26). The van der Waals surface area contributed by atoms with Gasteiger partial charge in [0, 0.05) is 23.8 Å². The van der Waals surface area contributed by atoms with Crippen molar-refractivity contribution in [3.05, 3.63) is 70.0 Å². The molecule has 2 aromatic carbocycles. The van der Waals surface area contributed by atoms with Crippen LogP contribution in [-0.2, 0) is 4.79 Å². The number of carbonyl (C=O) groups is 1. The van der Waals surface area contributed by atoms with E-state index in [0.29, 0.717) is 0 Å². The first kappa shape index (κ1) is 18.1. The van der Waals surface area contributed by atoms with Gasteiger partial charge in [-0.25, -0.2) is 4.79 Å². The molecule has 0 spiro atoms. The van der Waals surface area contributed by atoms with Crippen molar-refractivity contribution in [1.82, 2.24) is 0 Å². The molecule has 4 nitrogen and oxygen atoms in total. The van der Waals surface area contributed by atoms with Gasteiger partial charge in [0.25, 0.3) is 0 Å². The number of nitrogens with zero attached hydrogens (tertiary/aromatic N) is 2. The molecule has 26 heavy (non-hydrogen) atoms. The predicted molar refractivity (Wildman–Crippen MR) is 107 cm³/mol. The molecule has 1 N–H and O–H groups in total. The van der Waals surface area contributed by atoms with E-state index in [0.717, 1.165) is 33.6 Å². The number of anilines is 2. The van der Waals surface area contributed by atoms with Crippen LogP contribution in [0.25, 0.3) is 0 Å². The van der Waals surface area contributed by atoms with E-state index in [1.807, 2.05) is 49.9 Å². The van der Waals surface area contributed by atoms with Gasteiger partial charge >= 0.3 is 5.97 Å². The molecular weight excluding hydrogens is 324 g/mol. The Balaban J connectivity index is 2.11. The third kappa shape index (κ3) is 2.96. The average Bonchev–Trinajstić information content (AvgIpc) is 2.89. The van der Waals surface area contributed by atoms with Gasteiger partial charge in [-0.2, -0.15) is 0 Å². The topological polar surface area (TPSA) is 43.8 Å². The molecule has 1 aliphatic heterocycles. The van der Waals surface area contributed by atoms with Gasteiger partial charge in [0.2, 0.25) is 6.17 Å². The molecule has 0 amide bonds. The molecule has 0 bridgehead atoms. The first-order valence-electron chi connectivity index (χ1n) is 8.84. The summed E-state index contributed by atoms with van der Waals surface area (Å²) in [5.74, 6) is -0.867. The monoisotopic (exact) mass is 350 g/mol. The SMILES string of the molecule is Cc1cc(C)c(N2C=CN(c3c(C)cc(C)cc3C)C2C(=O)O)c(C)c1. The van der Waals surface area contributed by atoms with Crippen LogP contribution in [0.3, 0.4) is 0 Å². The Hall–Kier alpha value is -2.75. The van der Waals surface area contributed by atoms with E-state index in [4.69, 9.17) is 0 Å². The van der Waals surface area contributed by atoms with E-state index >= 15 is 0 Å². The van der Waals surface area contributed by atoms with Crippen molar-refractivity contribution in [3.63, 3.8) is 0 Å². The van der Waals surface area contributed by atoms with E-state index in [1.165, 1.54) is 11.1 Å². The highest BCUT2D eigenvalue weighted by molar-refractivity contribution is 5.87. The summed E-state index contributed by atoms with van der Waals surface area (Å²) >= 11 is 0. The van der Waals surface area contributed by atoms with Crippen molar-refractivity contribution in [1.29, 1.82) is 0 Å². The van der Waals surface area contributed by atoms with Crippen LogP contribution in [0.1, 0.15) is 33.4 Å². The Bertz CT molecular complexity index is 801. The van der Waals surface area contributed by atoms with E-state index < -0.39 is 12.1 Å². The fourth-order valence-corrected chi connectivity index (χ4v) is 4.23. The minimum absolute atomic E-state index is 0.796. The molecule has 0 radical (unpaired) electrons. The van der Waals surface area contributed by atoms with Crippen molar-refractivity contribution < 1.29 is 9.90 Å². The van der Waals surface area contributed by atoms with Crippen LogP contribution in [0.5, 0.6) is 0 Å². The van der Waals surface area contributed by atoms with Crippen LogP contribution < -0.4 is 9.80 Å². The van der Waals surface area contributed by atoms with Crippen molar-refractivity contribution in [2.45, 2.75) is 47.7 Å². The first-order chi connectivity index (χ1) is 12.2. The van der Waals surface area contributed by atoms with E-state index in [-0.39, 0.29) is 0 Å². The van der Waals surface area contributed by atoms with E-state index in [9.17, 15) is 9.90 Å². The van der Waals surface area contributed by atoms with Crippen LogP contribution in [0.4, 0.5) is 11.4 Å². The molecular formula is C22H26N2O2. The summed E-state index contributed by atoms with van der Waals surface area (Å²) in [4.78, 5) is 16.0. The van der Waals surface area contributed by atoms with Gasteiger partial charge in [0.05, 0.1) is 0 Å². The summed E-state index contributed by atoms with van der Waals surface area (Å²) in [6.07, 6.45) is 2.96. The molecule has 2 aromatic rings. The van der Waals surface area contributed by atoms with Crippen molar-refractivity contribution >= 4 is 17.3 Å². The minimum Gasteiger partial charge on any atom is -0.478 e. The molecule has 0 aliphatic carbocycles. The van der Waals surface area contributed by atoms with E-state index in [2.05, 4.69) is 38.1 Å². The molecule has 1 heterocycles. The lowest BCUT2D eigenvalue weighted by molar-refractivity contribution is -0.138. The highest BCUT2D eigenvalue weighted by atomic mass is 16.4. The summed E-state index contributed by atoms with van der Waals surface area (Å²) in [6, 6.07) is 8.39. The second kappa shape index (κ2) is 6.52. The van der Waals surface area contributed by atoms with Crippen LogP contribution in [-0.4, -0.2) is 17.2 Å². The maximum Gasteiger partial charge on any atom is 0.348 e. The molecule has 136 valence electrons. The Kier molecular flexibility index (Phi) is 4.53. The second-order valence-corrected chi connectivity index (χ2v) is 7.32. The molecule has 0 saturated heterocycles. The van der Waals surface area contributed by atoms with Crippen molar-refractivity contribution in [3.8, 4) is 0 Å². The largest absolute Gasteiger partial charge is 0.478 e. The molecule has 1 aliphatic rings. The van der Waals surface area contributed by atoms with Gasteiger partial charge in [0.1, 0.15) is 0 Å². The molecule has 0 unspecified atom stereocenters. The fourth-order valence-electron chi connectivity index (χ4n) is 4.23. The normalized spacial score (nSPS) is 14.4. The van der Waals surface area contributed by atoms with Crippen LogP contribution >= 0.6 is 0 Å². The maximum absolute atomic E-state index is 12.2. The van der Waals surface area contributed by atoms with Gasteiger partial charge < -0.3 is 14.9 Å². The third-order valence-corrected chi connectivity index (χ3v) is 4.92. The van der Waals surface area contributed by atoms with Crippen molar-refractivity contribution in [2.24, 2.45) is 0 Å². The van der Waals surface area contributed by atoms with Crippen molar-refractivity contribution in [2.75, 3.05) is 9.80 Å². The van der Waals surface area contributed by atoms with Gasteiger partial charge in [0.15, 0.2) is 0 Å². The zero-order chi connectivity index (χ0) is 19.2. The highest BCUT2D eigenvalue weighted by Crippen LogP contribution is 2.37. The van der Waals surface area contributed by atoms with Gasteiger partial charge in [-0.15, -0.1) is 0 Å². The first-order valence-corrected chi connectivity index (χ1v) is 8.84. The Labute approximate surface area is 155 Å². The number of carboxylic acids is 1. The number of hydrogen-bond donors (Lipinski definition) is 1. The van der Waals surface area contributed by atoms with E-state index in [1.54, 1.807) is 0 Å². The molecule has 4 heteroatoms. The van der Waals surface area contributed by atoms with Crippen LogP contribution in [0.15, 0.2) is 36.7 Å². The molecule has 0 aromatic heterocycles. The molecule has 0 atom stereocenters. The molecule has 0 fully saturated rings. The number of aliphatic carboxylic acids is 1. The smallest absolute Gasteiger partial charge is 0.348 e. The Morgan fingerprint density at radius 3 is 1.31 bits per heavy atom. The van der Waals surface area contributed by atoms with Gasteiger partial charge in [-0.05, 0) is 63.8 Å². The number of benzene rings is 2. The summed E-state index contributed by atoms with van der Waals surface area (Å²) in [5.41, 5.74) is 8.61. The Morgan fingerprint density at radius 2 is 1.04 bits per heavy atom. The lowest BCUT2D eigenvalue weighted by Gasteiger charge is -2.33. The quantitative estimate of drug-likeness (QED) is 0.868. The highest BCUT2D eigenvalue weighted by Gasteiger charge is 2.37.